The minimum absolute atomic E-state index is 0.433. The fraction of sp³-hybridized carbons (Fsp3) is 0.625. The van der Waals surface area contributed by atoms with Gasteiger partial charge in [0.05, 0.1) is 22.9 Å². The van der Waals surface area contributed by atoms with Crippen LogP contribution < -0.4 is 5.32 Å². The first-order valence-corrected chi connectivity index (χ1v) is 8.44. The average Bonchev–Trinajstić information content (AvgIpc) is 2.88. The van der Waals surface area contributed by atoms with Crippen molar-refractivity contribution in [3.8, 4) is 0 Å². The van der Waals surface area contributed by atoms with Gasteiger partial charge in [-0.2, -0.15) is 5.10 Å². The van der Waals surface area contributed by atoms with Gasteiger partial charge in [-0.25, -0.2) is 4.98 Å². The molecule has 0 amide bonds. The van der Waals surface area contributed by atoms with Gasteiger partial charge in [0.25, 0.3) is 0 Å². The Labute approximate surface area is 131 Å². The van der Waals surface area contributed by atoms with E-state index in [9.17, 15) is 0 Å². The van der Waals surface area contributed by atoms with Gasteiger partial charge in [0.2, 0.25) is 0 Å². The van der Waals surface area contributed by atoms with Crippen LogP contribution in [0.25, 0.3) is 0 Å². The van der Waals surface area contributed by atoms with Crippen LogP contribution in [0.4, 0.5) is 0 Å². The Hall–Kier alpha value is -1.20. The monoisotopic (exact) mass is 306 g/mol. The van der Waals surface area contributed by atoms with Gasteiger partial charge >= 0.3 is 0 Å². The number of hydrogen-bond donors (Lipinski definition) is 1. The van der Waals surface area contributed by atoms with E-state index in [2.05, 4.69) is 53.8 Å². The third kappa shape index (κ3) is 4.64. The highest BCUT2D eigenvalue weighted by atomic mass is 32.1. The third-order valence-electron chi connectivity index (χ3n) is 3.68. The largest absolute Gasteiger partial charge is 0.312 e. The molecule has 0 aliphatic heterocycles. The van der Waals surface area contributed by atoms with E-state index in [-0.39, 0.29) is 0 Å². The van der Waals surface area contributed by atoms with Crippen LogP contribution in [0.2, 0.25) is 0 Å². The normalized spacial score (nSPS) is 12.8. The van der Waals surface area contributed by atoms with Gasteiger partial charge in [0.1, 0.15) is 0 Å². The fourth-order valence-corrected chi connectivity index (χ4v) is 3.39. The average molecular weight is 306 g/mol. The van der Waals surface area contributed by atoms with Gasteiger partial charge < -0.3 is 5.32 Å². The predicted octanol–water partition coefficient (Wildman–Crippen LogP) is 3.18. The molecular formula is C16H26N4S. The standard InChI is InChI=1S/C16H26N4S/c1-11-9-13(3)20(19-11)10-12(2)17-8-6-7-16-18-14(4)15(5)21-16/h9,12,17H,6-8,10H2,1-5H3. The fourth-order valence-electron chi connectivity index (χ4n) is 2.42. The van der Waals surface area contributed by atoms with Crippen molar-refractivity contribution >= 4 is 11.3 Å². The zero-order valence-corrected chi connectivity index (χ0v) is 14.5. The molecule has 4 nitrogen and oxygen atoms in total. The van der Waals surface area contributed by atoms with E-state index in [0.717, 1.165) is 31.6 Å². The molecule has 0 saturated carbocycles. The van der Waals surface area contributed by atoms with Crippen molar-refractivity contribution in [2.75, 3.05) is 6.54 Å². The van der Waals surface area contributed by atoms with Crippen molar-refractivity contribution in [2.24, 2.45) is 0 Å². The number of nitrogens with one attached hydrogen (secondary N) is 1. The summed E-state index contributed by atoms with van der Waals surface area (Å²) in [4.78, 5) is 5.93. The molecule has 2 heterocycles. The van der Waals surface area contributed by atoms with E-state index < -0.39 is 0 Å². The number of aromatic nitrogens is 3. The second kappa shape index (κ2) is 7.18. The van der Waals surface area contributed by atoms with Crippen molar-refractivity contribution in [2.45, 2.75) is 60.0 Å². The summed E-state index contributed by atoms with van der Waals surface area (Å²) >= 11 is 1.83. The lowest BCUT2D eigenvalue weighted by molar-refractivity contribution is 0.442. The van der Waals surface area contributed by atoms with Crippen molar-refractivity contribution in [3.05, 3.63) is 33.0 Å². The lowest BCUT2D eigenvalue weighted by atomic mass is 10.2. The van der Waals surface area contributed by atoms with Gasteiger partial charge in [0.15, 0.2) is 0 Å². The molecule has 0 radical (unpaired) electrons. The second-order valence-electron chi connectivity index (χ2n) is 5.82. The lowest BCUT2D eigenvalue weighted by Crippen LogP contribution is -2.32. The van der Waals surface area contributed by atoms with Crippen LogP contribution in [-0.4, -0.2) is 27.4 Å². The number of hydrogen-bond acceptors (Lipinski definition) is 4. The van der Waals surface area contributed by atoms with Gasteiger partial charge in [-0.3, -0.25) is 4.68 Å². The van der Waals surface area contributed by atoms with Gasteiger partial charge in [-0.05, 0) is 53.7 Å². The van der Waals surface area contributed by atoms with Crippen LogP contribution >= 0.6 is 11.3 Å². The first kappa shape index (κ1) is 16.2. The van der Waals surface area contributed by atoms with Crippen LogP contribution in [0.3, 0.4) is 0 Å². The SMILES string of the molecule is Cc1cc(C)n(CC(C)NCCCc2nc(C)c(C)s2)n1. The smallest absolute Gasteiger partial charge is 0.0931 e. The minimum atomic E-state index is 0.433. The van der Waals surface area contributed by atoms with Gasteiger partial charge in [0, 0.05) is 23.0 Å². The highest BCUT2D eigenvalue weighted by Gasteiger charge is 2.07. The Balaban J connectivity index is 1.69. The molecule has 21 heavy (non-hydrogen) atoms. The molecule has 2 aromatic heterocycles. The molecule has 0 aliphatic carbocycles. The number of rotatable bonds is 7. The van der Waals surface area contributed by atoms with E-state index in [4.69, 9.17) is 0 Å². The van der Waals surface area contributed by atoms with Crippen molar-refractivity contribution in [3.63, 3.8) is 0 Å². The number of aryl methyl sites for hydroxylation is 5. The molecule has 1 atom stereocenters. The maximum atomic E-state index is 4.59. The first-order valence-electron chi connectivity index (χ1n) is 7.63. The maximum absolute atomic E-state index is 4.59. The molecule has 1 N–H and O–H groups in total. The molecule has 0 fully saturated rings. The zero-order valence-electron chi connectivity index (χ0n) is 13.7. The van der Waals surface area contributed by atoms with E-state index in [1.807, 2.05) is 18.3 Å². The van der Waals surface area contributed by atoms with Crippen molar-refractivity contribution in [1.82, 2.24) is 20.1 Å². The molecule has 2 rings (SSSR count). The Morgan fingerprint density at radius 3 is 2.62 bits per heavy atom. The van der Waals surface area contributed by atoms with Gasteiger partial charge in [-0.1, -0.05) is 0 Å². The summed E-state index contributed by atoms with van der Waals surface area (Å²) in [5.41, 5.74) is 3.50. The summed E-state index contributed by atoms with van der Waals surface area (Å²) in [5.74, 6) is 0. The van der Waals surface area contributed by atoms with Crippen molar-refractivity contribution in [1.29, 1.82) is 0 Å². The maximum Gasteiger partial charge on any atom is 0.0931 e. The van der Waals surface area contributed by atoms with Crippen LogP contribution in [0.1, 0.15) is 40.3 Å². The van der Waals surface area contributed by atoms with Crippen LogP contribution in [0.15, 0.2) is 6.07 Å². The van der Waals surface area contributed by atoms with Crippen LogP contribution in [0.5, 0.6) is 0 Å². The summed E-state index contributed by atoms with van der Waals surface area (Å²) in [6.45, 7) is 12.6. The molecule has 0 aliphatic rings. The zero-order chi connectivity index (χ0) is 15.4. The molecule has 0 saturated heterocycles. The quantitative estimate of drug-likeness (QED) is 0.799. The summed E-state index contributed by atoms with van der Waals surface area (Å²) < 4.78 is 2.08. The van der Waals surface area contributed by atoms with E-state index in [1.54, 1.807) is 0 Å². The topological polar surface area (TPSA) is 42.7 Å². The van der Waals surface area contributed by atoms with Crippen LogP contribution in [-0.2, 0) is 13.0 Å². The summed E-state index contributed by atoms with van der Waals surface area (Å²) in [6.07, 6.45) is 2.20. The highest BCUT2D eigenvalue weighted by molar-refractivity contribution is 7.11. The molecule has 0 bridgehead atoms. The summed E-state index contributed by atoms with van der Waals surface area (Å²) in [7, 11) is 0. The van der Waals surface area contributed by atoms with E-state index in [0.29, 0.717) is 6.04 Å². The van der Waals surface area contributed by atoms with E-state index in [1.165, 1.54) is 21.3 Å². The Morgan fingerprint density at radius 2 is 2.05 bits per heavy atom. The van der Waals surface area contributed by atoms with E-state index >= 15 is 0 Å². The third-order valence-corrected chi connectivity index (χ3v) is 4.82. The van der Waals surface area contributed by atoms with Crippen LogP contribution in [0, 0.1) is 27.7 Å². The van der Waals surface area contributed by atoms with Gasteiger partial charge in [-0.15, -0.1) is 11.3 Å². The second-order valence-corrected chi connectivity index (χ2v) is 7.10. The number of nitrogens with zero attached hydrogens (tertiary/aromatic N) is 3. The number of thiazole rings is 1. The van der Waals surface area contributed by atoms with Crippen molar-refractivity contribution < 1.29 is 0 Å². The minimum Gasteiger partial charge on any atom is -0.312 e. The molecule has 2 aromatic rings. The predicted molar refractivity (Wildman–Crippen MR) is 89.1 cm³/mol. The Kier molecular flexibility index (Phi) is 5.53. The summed E-state index contributed by atoms with van der Waals surface area (Å²) in [5, 5.41) is 9.34. The molecule has 116 valence electrons. The molecule has 0 aromatic carbocycles. The Bertz CT molecular complexity index is 566. The molecule has 5 heteroatoms. The summed E-state index contributed by atoms with van der Waals surface area (Å²) in [6, 6.07) is 2.56. The highest BCUT2D eigenvalue weighted by Crippen LogP contribution is 2.17. The first-order chi connectivity index (χ1) is 9.95. The lowest BCUT2D eigenvalue weighted by Gasteiger charge is -2.14. The molecule has 1 unspecified atom stereocenters. The molecule has 0 spiro atoms. The Morgan fingerprint density at radius 1 is 1.29 bits per heavy atom. The molecular weight excluding hydrogens is 280 g/mol.